The summed E-state index contributed by atoms with van der Waals surface area (Å²) in [5, 5.41) is 9.07. The second-order valence-electron chi connectivity index (χ2n) is 7.29. The summed E-state index contributed by atoms with van der Waals surface area (Å²) in [5.41, 5.74) is -1.03. The predicted molar refractivity (Wildman–Crippen MR) is 118 cm³/mol. The standard InChI is InChI=1S/C24H17FO9/c1-12(26)20-8-14(27)22-16(4-2-6-18(22)33-20)31-10-13(25)11-32-17-5-3-7-19-23(17)15(28)9-21(34-19)24(29)30/h2-9,13H,10-11H2,1H3,(H,29,30). The SMILES string of the molecule is CC(=O)c1cc(=O)c2c(OCC(F)COc3cccc4oc(C(=O)O)cc(=O)c34)cccc2o1. The largest absolute Gasteiger partial charge is 0.489 e. The van der Waals surface area contributed by atoms with Crippen LogP contribution < -0.4 is 20.3 Å². The molecule has 0 saturated heterocycles. The van der Waals surface area contributed by atoms with E-state index in [0.29, 0.717) is 0 Å². The third-order valence-electron chi connectivity index (χ3n) is 4.83. The normalized spacial score (nSPS) is 11.9. The fraction of sp³-hybridized carbons (Fsp3) is 0.167. The zero-order chi connectivity index (χ0) is 24.4. The maximum Gasteiger partial charge on any atom is 0.371 e. The number of carboxylic acid groups (broad SMARTS) is 1. The molecule has 0 spiro atoms. The van der Waals surface area contributed by atoms with Gasteiger partial charge in [0.1, 0.15) is 46.7 Å². The zero-order valence-electron chi connectivity index (χ0n) is 17.7. The van der Waals surface area contributed by atoms with Crippen molar-refractivity contribution in [2.75, 3.05) is 13.2 Å². The van der Waals surface area contributed by atoms with Gasteiger partial charge in [-0.15, -0.1) is 0 Å². The zero-order valence-corrected chi connectivity index (χ0v) is 17.7. The van der Waals surface area contributed by atoms with Gasteiger partial charge in [0, 0.05) is 19.1 Å². The first kappa shape index (κ1) is 22.7. The first-order valence-electron chi connectivity index (χ1n) is 10.0. The smallest absolute Gasteiger partial charge is 0.371 e. The molecule has 0 fully saturated rings. The van der Waals surface area contributed by atoms with Crippen molar-refractivity contribution in [2.24, 2.45) is 0 Å². The van der Waals surface area contributed by atoms with Gasteiger partial charge in [-0.3, -0.25) is 14.4 Å². The van der Waals surface area contributed by atoms with Gasteiger partial charge in [-0.2, -0.15) is 0 Å². The van der Waals surface area contributed by atoms with E-state index in [2.05, 4.69) is 0 Å². The number of ether oxygens (including phenoxy) is 2. The van der Waals surface area contributed by atoms with E-state index in [1.165, 1.54) is 43.3 Å². The van der Waals surface area contributed by atoms with Gasteiger partial charge >= 0.3 is 5.97 Å². The van der Waals surface area contributed by atoms with Gasteiger partial charge < -0.3 is 23.4 Å². The van der Waals surface area contributed by atoms with Crippen LogP contribution in [0.25, 0.3) is 21.9 Å². The number of Topliss-reactive ketones (excluding diaryl/α,β-unsaturated/α-hetero) is 1. The highest BCUT2D eigenvalue weighted by atomic mass is 19.1. The number of alkyl halides is 1. The Morgan fingerprint density at radius 3 is 1.82 bits per heavy atom. The van der Waals surface area contributed by atoms with E-state index in [1.54, 1.807) is 0 Å². The first-order chi connectivity index (χ1) is 16.2. The lowest BCUT2D eigenvalue weighted by Gasteiger charge is -2.14. The second kappa shape index (κ2) is 9.18. The number of hydrogen-bond donors (Lipinski definition) is 1. The number of rotatable bonds is 8. The van der Waals surface area contributed by atoms with Crippen molar-refractivity contribution in [3.8, 4) is 11.5 Å². The van der Waals surface area contributed by atoms with Gasteiger partial charge in [-0.05, 0) is 24.3 Å². The Hall–Kier alpha value is -4.47. The van der Waals surface area contributed by atoms with Crippen molar-refractivity contribution in [2.45, 2.75) is 13.1 Å². The molecule has 1 N–H and O–H groups in total. The van der Waals surface area contributed by atoms with Gasteiger partial charge in [-0.25, -0.2) is 9.18 Å². The van der Waals surface area contributed by atoms with Crippen LogP contribution in [-0.4, -0.2) is 36.2 Å². The van der Waals surface area contributed by atoms with Crippen molar-refractivity contribution < 1.29 is 37.4 Å². The fourth-order valence-corrected chi connectivity index (χ4v) is 3.28. The fourth-order valence-electron chi connectivity index (χ4n) is 3.28. The lowest BCUT2D eigenvalue weighted by molar-refractivity contribution is 0.0662. The third-order valence-corrected chi connectivity index (χ3v) is 4.83. The highest BCUT2D eigenvalue weighted by molar-refractivity contribution is 5.94. The van der Waals surface area contributed by atoms with E-state index < -0.39 is 47.8 Å². The Balaban J connectivity index is 1.49. The van der Waals surface area contributed by atoms with E-state index in [0.717, 1.165) is 12.1 Å². The van der Waals surface area contributed by atoms with Gasteiger partial charge in [0.05, 0.1) is 0 Å². The molecule has 0 amide bonds. The van der Waals surface area contributed by atoms with Crippen molar-refractivity contribution >= 4 is 33.7 Å². The molecule has 4 aromatic rings. The Morgan fingerprint density at radius 1 is 0.882 bits per heavy atom. The number of carbonyl (C=O) groups excluding carboxylic acids is 1. The van der Waals surface area contributed by atoms with Crippen LogP contribution in [0.15, 0.2) is 67.0 Å². The van der Waals surface area contributed by atoms with Crippen LogP contribution in [0, 0.1) is 0 Å². The van der Waals surface area contributed by atoms with Crippen LogP contribution >= 0.6 is 0 Å². The maximum absolute atomic E-state index is 14.5. The average Bonchev–Trinajstić information content (AvgIpc) is 2.80. The topological polar surface area (TPSA) is 133 Å². The van der Waals surface area contributed by atoms with Gasteiger partial charge in [0.25, 0.3) is 0 Å². The van der Waals surface area contributed by atoms with Crippen LogP contribution in [-0.2, 0) is 0 Å². The molecule has 34 heavy (non-hydrogen) atoms. The lowest BCUT2D eigenvalue weighted by atomic mass is 10.2. The molecule has 9 nitrogen and oxygen atoms in total. The van der Waals surface area contributed by atoms with Crippen LogP contribution in [0.5, 0.6) is 11.5 Å². The molecule has 2 aromatic heterocycles. The predicted octanol–water partition coefficient (Wildman–Crippen LogP) is 3.60. The number of aromatic carboxylic acids is 1. The maximum atomic E-state index is 14.5. The highest BCUT2D eigenvalue weighted by Gasteiger charge is 2.17. The number of ketones is 1. The summed E-state index contributed by atoms with van der Waals surface area (Å²) in [6.07, 6.45) is -1.65. The van der Waals surface area contributed by atoms with Crippen LogP contribution in [0.1, 0.15) is 28.0 Å². The summed E-state index contributed by atoms with van der Waals surface area (Å²) in [5.74, 6) is -2.33. The Bertz CT molecular complexity index is 1420. The lowest BCUT2D eigenvalue weighted by Crippen LogP contribution is -2.22. The van der Waals surface area contributed by atoms with Crippen molar-refractivity contribution in [3.63, 3.8) is 0 Å². The molecule has 4 rings (SSSR count). The van der Waals surface area contributed by atoms with Crippen LogP contribution in [0.3, 0.4) is 0 Å². The summed E-state index contributed by atoms with van der Waals surface area (Å²) in [7, 11) is 0. The summed E-state index contributed by atoms with van der Waals surface area (Å²) >= 11 is 0. The monoisotopic (exact) mass is 468 g/mol. The number of fused-ring (bicyclic) bond motifs is 2. The molecule has 2 heterocycles. The minimum Gasteiger partial charge on any atom is -0.489 e. The van der Waals surface area contributed by atoms with Gasteiger partial charge in [0.15, 0.2) is 28.6 Å². The minimum atomic E-state index is -1.65. The Morgan fingerprint density at radius 2 is 1.35 bits per heavy atom. The number of carboxylic acids is 1. The Labute approximate surface area is 189 Å². The molecule has 0 aliphatic heterocycles. The number of benzene rings is 2. The number of carbonyl (C=O) groups is 2. The van der Waals surface area contributed by atoms with Crippen molar-refractivity contribution in [1.29, 1.82) is 0 Å². The molecular formula is C24H17FO9. The molecule has 10 heteroatoms. The second-order valence-corrected chi connectivity index (χ2v) is 7.29. The molecule has 0 aliphatic rings. The molecule has 0 bridgehead atoms. The molecule has 2 aromatic carbocycles. The summed E-state index contributed by atoms with van der Waals surface area (Å²) < 4.78 is 36.0. The van der Waals surface area contributed by atoms with E-state index in [4.69, 9.17) is 23.4 Å². The Kier molecular flexibility index (Phi) is 6.13. The molecule has 0 aliphatic carbocycles. The van der Waals surface area contributed by atoms with Crippen molar-refractivity contribution in [3.05, 3.63) is 80.5 Å². The summed E-state index contributed by atoms with van der Waals surface area (Å²) in [4.78, 5) is 47.3. The van der Waals surface area contributed by atoms with Crippen molar-refractivity contribution in [1.82, 2.24) is 0 Å². The van der Waals surface area contributed by atoms with Crippen LogP contribution in [0.2, 0.25) is 0 Å². The third kappa shape index (κ3) is 4.51. The minimum absolute atomic E-state index is 0.0125. The van der Waals surface area contributed by atoms with E-state index in [9.17, 15) is 23.6 Å². The molecule has 174 valence electrons. The average molecular weight is 468 g/mol. The molecular weight excluding hydrogens is 451 g/mol. The highest BCUT2D eigenvalue weighted by Crippen LogP contribution is 2.25. The molecule has 0 radical (unpaired) electrons. The number of halogens is 1. The molecule has 1 unspecified atom stereocenters. The van der Waals surface area contributed by atoms with Crippen LogP contribution in [0.4, 0.5) is 4.39 Å². The summed E-state index contributed by atoms with van der Waals surface area (Å²) in [6, 6.07) is 10.7. The van der Waals surface area contributed by atoms with Gasteiger partial charge in [0.2, 0.25) is 5.76 Å². The van der Waals surface area contributed by atoms with E-state index in [-0.39, 0.29) is 39.2 Å². The van der Waals surface area contributed by atoms with Gasteiger partial charge in [-0.1, -0.05) is 12.1 Å². The first-order valence-corrected chi connectivity index (χ1v) is 10.0. The molecule has 1 atom stereocenters. The molecule has 0 saturated carbocycles. The van der Waals surface area contributed by atoms with E-state index in [1.807, 2.05) is 0 Å². The van der Waals surface area contributed by atoms with E-state index >= 15 is 0 Å². The number of hydrogen-bond acceptors (Lipinski definition) is 8. The quantitative estimate of drug-likeness (QED) is 0.385. The summed E-state index contributed by atoms with van der Waals surface area (Å²) in [6.45, 7) is 0.297.